The summed E-state index contributed by atoms with van der Waals surface area (Å²) in [6.45, 7) is 2.40. The maximum absolute atomic E-state index is 12.9. The molecule has 1 aliphatic rings. The van der Waals surface area contributed by atoms with Crippen LogP contribution in [0.3, 0.4) is 0 Å². The van der Waals surface area contributed by atoms with Gasteiger partial charge in [0.05, 0.1) is 24.5 Å². The van der Waals surface area contributed by atoms with E-state index in [1.54, 1.807) is 25.4 Å². The van der Waals surface area contributed by atoms with Gasteiger partial charge in [0, 0.05) is 29.7 Å². The molecule has 194 valence electrons. The number of furan rings is 1. The molecule has 0 radical (unpaired) electrons. The number of aryl methyl sites for hydroxylation is 1. The number of hydrogen-bond acceptors (Lipinski definition) is 5. The Morgan fingerprint density at radius 3 is 2.76 bits per heavy atom. The number of para-hydroxylation sites is 2. The number of ether oxygens (including phenoxy) is 1. The number of benzene rings is 2. The zero-order chi connectivity index (χ0) is 26.6. The number of rotatable bonds is 8. The van der Waals surface area contributed by atoms with Crippen LogP contribution in [0.2, 0.25) is 5.02 Å². The van der Waals surface area contributed by atoms with Crippen LogP contribution in [-0.4, -0.2) is 34.6 Å². The summed E-state index contributed by atoms with van der Waals surface area (Å²) in [5, 5.41) is 7.50. The van der Waals surface area contributed by atoms with Gasteiger partial charge >= 0.3 is 0 Å². The Kier molecular flexibility index (Phi) is 7.62. The van der Waals surface area contributed by atoms with Gasteiger partial charge in [0.2, 0.25) is 5.91 Å². The van der Waals surface area contributed by atoms with Crippen molar-refractivity contribution in [2.45, 2.75) is 25.4 Å². The Morgan fingerprint density at radius 1 is 1.16 bits per heavy atom. The molecule has 2 aromatic carbocycles. The number of carbonyl (C=O) groups excluding carboxylic acids is 1. The van der Waals surface area contributed by atoms with E-state index in [1.165, 1.54) is 0 Å². The van der Waals surface area contributed by atoms with Gasteiger partial charge in [0.15, 0.2) is 5.11 Å². The third-order valence-electron chi connectivity index (χ3n) is 6.54. The van der Waals surface area contributed by atoms with Gasteiger partial charge in [-0.3, -0.25) is 9.78 Å². The Balaban J connectivity index is 1.41. The minimum Gasteiger partial charge on any atom is -0.495 e. The molecule has 1 saturated heterocycles. The molecule has 0 unspecified atom stereocenters. The minimum atomic E-state index is -0.301. The van der Waals surface area contributed by atoms with Gasteiger partial charge in [-0.2, -0.15) is 0 Å². The first-order chi connectivity index (χ1) is 18.4. The van der Waals surface area contributed by atoms with Gasteiger partial charge in [0.1, 0.15) is 23.3 Å². The number of amides is 1. The van der Waals surface area contributed by atoms with Crippen molar-refractivity contribution in [3.05, 3.63) is 101 Å². The number of carbonyl (C=O) groups is 1. The van der Waals surface area contributed by atoms with Crippen molar-refractivity contribution in [3.8, 4) is 17.1 Å². The molecule has 0 bridgehead atoms. The maximum atomic E-state index is 12.9. The van der Waals surface area contributed by atoms with E-state index in [0.29, 0.717) is 39.6 Å². The summed E-state index contributed by atoms with van der Waals surface area (Å²) in [6.07, 6.45) is 1.97. The van der Waals surface area contributed by atoms with Gasteiger partial charge < -0.3 is 24.7 Å². The van der Waals surface area contributed by atoms with E-state index < -0.39 is 0 Å². The molecule has 9 heteroatoms. The van der Waals surface area contributed by atoms with Crippen LogP contribution in [0.15, 0.2) is 83.4 Å². The Morgan fingerprint density at radius 2 is 1.97 bits per heavy atom. The highest BCUT2D eigenvalue weighted by Crippen LogP contribution is 2.41. The van der Waals surface area contributed by atoms with Crippen molar-refractivity contribution in [2.24, 2.45) is 0 Å². The van der Waals surface area contributed by atoms with Crippen molar-refractivity contribution in [1.29, 1.82) is 0 Å². The van der Waals surface area contributed by atoms with Crippen LogP contribution in [0.25, 0.3) is 11.3 Å². The average Bonchev–Trinajstić information content (AvgIpc) is 3.54. The summed E-state index contributed by atoms with van der Waals surface area (Å²) in [4.78, 5) is 19.4. The quantitative estimate of drug-likeness (QED) is 0.251. The minimum absolute atomic E-state index is 0.146. The van der Waals surface area contributed by atoms with E-state index in [0.717, 1.165) is 16.8 Å². The monoisotopic (exact) mass is 546 g/mol. The molecule has 5 rings (SSSR count). The van der Waals surface area contributed by atoms with Crippen molar-refractivity contribution < 1.29 is 13.9 Å². The molecular formula is C29H27ClN4O3S. The summed E-state index contributed by atoms with van der Waals surface area (Å²) in [6, 6.07) is 22.1. The average molecular weight is 547 g/mol. The van der Waals surface area contributed by atoms with E-state index in [-0.39, 0.29) is 24.4 Å². The van der Waals surface area contributed by atoms with Crippen molar-refractivity contribution in [2.75, 3.05) is 19.0 Å². The first-order valence-corrected chi connectivity index (χ1v) is 13.0. The number of nitrogens with one attached hydrogen (secondary N) is 2. The van der Waals surface area contributed by atoms with Gasteiger partial charge in [-0.1, -0.05) is 35.9 Å². The largest absolute Gasteiger partial charge is 0.495 e. The molecule has 1 fully saturated rings. The van der Waals surface area contributed by atoms with Gasteiger partial charge in [0.25, 0.3) is 0 Å². The first kappa shape index (κ1) is 25.8. The zero-order valence-electron chi connectivity index (χ0n) is 21.0. The smallest absolute Gasteiger partial charge is 0.226 e. The number of pyridine rings is 1. The topological polar surface area (TPSA) is 79.6 Å². The molecule has 0 spiro atoms. The van der Waals surface area contributed by atoms with Crippen LogP contribution < -0.4 is 15.4 Å². The molecule has 2 aromatic heterocycles. The molecule has 3 heterocycles. The van der Waals surface area contributed by atoms with Gasteiger partial charge in [-0.25, -0.2) is 0 Å². The van der Waals surface area contributed by atoms with Crippen LogP contribution >= 0.6 is 23.8 Å². The first-order valence-electron chi connectivity index (χ1n) is 12.2. The van der Waals surface area contributed by atoms with Crippen molar-refractivity contribution in [3.63, 3.8) is 0 Å². The standard InChI is InChI=1S/C29H27ClN4O3S/c1-18-10-11-19(30)17-20(18)23-12-13-25(37-23)28-27(22-8-5-6-15-31-22)33-29(38)34(28)16-14-26(35)32-21-7-3-4-9-24(21)36-2/h3-13,15,17,27-28H,14,16H2,1-2H3,(H,32,35)(H,33,38)/t27-,28+/m0/s1. The second-order valence-electron chi connectivity index (χ2n) is 8.98. The highest BCUT2D eigenvalue weighted by Gasteiger charge is 2.41. The summed E-state index contributed by atoms with van der Waals surface area (Å²) < 4.78 is 11.8. The fourth-order valence-electron chi connectivity index (χ4n) is 4.65. The molecular weight excluding hydrogens is 520 g/mol. The third-order valence-corrected chi connectivity index (χ3v) is 7.13. The van der Waals surface area contributed by atoms with Gasteiger partial charge in [-0.05, 0) is 73.2 Å². The van der Waals surface area contributed by atoms with Crippen LogP contribution in [0, 0.1) is 6.92 Å². The number of nitrogens with zero attached hydrogens (tertiary/aromatic N) is 2. The molecule has 4 aromatic rings. The molecule has 38 heavy (non-hydrogen) atoms. The van der Waals surface area contributed by atoms with E-state index in [1.807, 2.05) is 72.5 Å². The van der Waals surface area contributed by atoms with Crippen LogP contribution in [0.1, 0.15) is 35.5 Å². The lowest BCUT2D eigenvalue weighted by Gasteiger charge is -2.26. The van der Waals surface area contributed by atoms with E-state index in [2.05, 4.69) is 15.6 Å². The lowest BCUT2D eigenvalue weighted by molar-refractivity contribution is -0.116. The summed E-state index contributed by atoms with van der Waals surface area (Å²) in [5.41, 5.74) is 3.44. The van der Waals surface area contributed by atoms with Gasteiger partial charge in [-0.15, -0.1) is 0 Å². The fourth-order valence-corrected chi connectivity index (χ4v) is 5.16. The number of methoxy groups -OCH3 is 1. The Bertz CT molecular complexity index is 1460. The number of aromatic nitrogens is 1. The fraction of sp³-hybridized carbons (Fsp3) is 0.207. The highest BCUT2D eigenvalue weighted by molar-refractivity contribution is 7.80. The Labute approximate surface area is 231 Å². The van der Waals surface area contributed by atoms with E-state index in [4.69, 9.17) is 33.0 Å². The summed E-state index contributed by atoms with van der Waals surface area (Å²) in [7, 11) is 1.57. The third kappa shape index (κ3) is 5.37. The van der Waals surface area contributed by atoms with E-state index in [9.17, 15) is 4.79 Å². The Hall–Kier alpha value is -3.88. The summed E-state index contributed by atoms with van der Waals surface area (Å²) in [5.74, 6) is 1.89. The predicted molar refractivity (Wildman–Crippen MR) is 152 cm³/mol. The molecule has 0 aliphatic carbocycles. The van der Waals surface area contributed by atoms with E-state index >= 15 is 0 Å². The molecule has 2 N–H and O–H groups in total. The predicted octanol–water partition coefficient (Wildman–Crippen LogP) is 6.31. The zero-order valence-corrected chi connectivity index (χ0v) is 22.6. The molecule has 2 atom stereocenters. The SMILES string of the molecule is COc1ccccc1NC(=O)CCN1C(=S)N[C@@H](c2ccccn2)[C@H]1c1ccc(-c2cc(Cl)ccc2C)o1. The summed E-state index contributed by atoms with van der Waals surface area (Å²) >= 11 is 12.0. The second-order valence-corrected chi connectivity index (χ2v) is 9.80. The number of anilines is 1. The normalized spacial score (nSPS) is 16.8. The lowest BCUT2D eigenvalue weighted by Crippen LogP contribution is -2.32. The number of hydrogen-bond donors (Lipinski definition) is 2. The van der Waals surface area contributed by atoms with Crippen LogP contribution in [-0.2, 0) is 4.79 Å². The van der Waals surface area contributed by atoms with Crippen molar-refractivity contribution >= 4 is 40.5 Å². The number of halogens is 1. The number of thiocarbonyl (C=S) groups is 1. The van der Waals surface area contributed by atoms with Crippen LogP contribution in [0.4, 0.5) is 5.69 Å². The molecule has 7 nitrogen and oxygen atoms in total. The lowest BCUT2D eigenvalue weighted by atomic mass is 10.0. The van der Waals surface area contributed by atoms with Crippen molar-refractivity contribution in [1.82, 2.24) is 15.2 Å². The molecule has 1 amide bonds. The maximum Gasteiger partial charge on any atom is 0.226 e. The van der Waals surface area contributed by atoms with Crippen LogP contribution in [0.5, 0.6) is 5.75 Å². The molecule has 0 saturated carbocycles. The second kappa shape index (κ2) is 11.2. The molecule has 1 aliphatic heterocycles. The highest BCUT2D eigenvalue weighted by atomic mass is 35.5.